The summed E-state index contributed by atoms with van der Waals surface area (Å²) < 4.78 is 5.51. The maximum absolute atomic E-state index is 10.0. The van der Waals surface area contributed by atoms with E-state index in [-0.39, 0.29) is 5.41 Å². The average molecular weight is 234 g/mol. The van der Waals surface area contributed by atoms with Crippen LogP contribution in [-0.2, 0) is 11.3 Å². The van der Waals surface area contributed by atoms with Gasteiger partial charge < -0.3 is 9.84 Å². The van der Waals surface area contributed by atoms with E-state index in [4.69, 9.17) is 4.74 Å². The Morgan fingerprint density at radius 2 is 1.94 bits per heavy atom. The summed E-state index contributed by atoms with van der Waals surface area (Å²) in [6, 6.07) is 9.89. The smallest absolute Gasteiger partial charge is 0.160 e. The number of benzene rings is 1. The predicted molar refractivity (Wildman–Crippen MR) is 70.4 cm³/mol. The summed E-state index contributed by atoms with van der Waals surface area (Å²) in [4.78, 5) is 0. The molecule has 0 spiro atoms. The predicted octanol–water partition coefficient (Wildman–Crippen LogP) is 3.51. The third-order valence-corrected chi connectivity index (χ3v) is 2.80. The Morgan fingerprint density at radius 1 is 1.29 bits per heavy atom. The molecule has 1 aromatic rings. The van der Waals surface area contributed by atoms with Gasteiger partial charge in [0.05, 0.1) is 6.61 Å². The van der Waals surface area contributed by atoms with Crippen LogP contribution in [0.4, 0.5) is 0 Å². The summed E-state index contributed by atoms with van der Waals surface area (Å²) in [6.45, 7) is 6.43. The van der Waals surface area contributed by atoms with Crippen LogP contribution in [0.5, 0.6) is 0 Å². The van der Waals surface area contributed by atoms with Gasteiger partial charge in [-0.1, -0.05) is 56.3 Å². The first kappa shape index (κ1) is 13.9. The van der Waals surface area contributed by atoms with Crippen molar-refractivity contribution in [2.75, 3.05) is 0 Å². The van der Waals surface area contributed by atoms with Crippen LogP contribution in [0, 0.1) is 5.41 Å². The monoisotopic (exact) mass is 234 g/mol. The van der Waals surface area contributed by atoms with Gasteiger partial charge in [-0.25, -0.2) is 0 Å². The second-order valence-electron chi connectivity index (χ2n) is 4.91. The topological polar surface area (TPSA) is 29.5 Å². The molecule has 94 valence electrons. The normalized spacial score (nSPS) is 14.1. The van der Waals surface area contributed by atoms with Gasteiger partial charge >= 0.3 is 0 Å². The number of hydrogen-bond donors (Lipinski definition) is 1. The van der Waals surface area contributed by atoms with E-state index in [2.05, 4.69) is 6.08 Å². The molecule has 0 fully saturated rings. The fourth-order valence-electron chi connectivity index (χ4n) is 1.50. The van der Waals surface area contributed by atoms with E-state index in [1.54, 1.807) is 0 Å². The van der Waals surface area contributed by atoms with Gasteiger partial charge in [0.2, 0.25) is 0 Å². The Hall–Kier alpha value is -1.12. The minimum Gasteiger partial charge on any atom is -0.367 e. The second-order valence-corrected chi connectivity index (χ2v) is 4.91. The van der Waals surface area contributed by atoms with Gasteiger partial charge in [0.15, 0.2) is 6.29 Å². The average Bonchev–Trinajstić information content (AvgIpc) is 2.34. The number of aliphatic hydroxyl groups excluding tert-OH is 1. The van der Waals surface area contributed by atoms with E-state index in [1.807, 2.05) is 57.2 Å². The molecular weight excluding hydrogens is 212 g/mol. The quantitative estimate of drug-likeness (QED) is 0.603. The van der Waals surface area contributed by atoms with E-state index in [0.717, 1.165) is 12.0 Å². The van der Waals surface area contributed by atoms with E-state index < -0.39 is 6.29 Å². The Bertz CT molecular complexity index is 341. The Labute approximate surface area is 104 Å². The standard InChI is InChI=1S/C15H22O2/c1-4-5-11-15(2,3)14(16)17-12-13-9-7-6-8-10-13/h4-10,14,16H,11-12H2,1-3H3. The zero-order valence-corrected chi connectivity index (χ0v) is 10.9. The lowest BCUT2D eigenvalue weighted by Gasteiger charge is -2.29. The fourth-order valence-corrected chi connectivity index (χ4v) is 1.50. The van der Waals surface area contributed by atoms with Gasteiger partial charge in [0.1, 0.15) is 0 Å². The first-order chi connectivity index (χ1) is 8.06. The van der Waals surface area contributed by atoms with Crippen molar-refractivity contribution < 1.29 is 9.84 Å². The largest absolute Gasteiger partial charge is 0.367 e. The first-order valence-electron chi connectivity index (χ1n) is 6.01. The minimum atomic E-state index is -0.751. The molecule has 0 aliphatic carbocycles. The molecule has 17 heavy (non-hydrogen) atoms. The molecular formula is C15H22O2. The summed E-state index contributed by atoms with van der Waals surface area (Å²) in [5, 5.41) is 10.0. The third-order valence-electron chi connectivity index (χ3n) is 2.80. The molecule has 0 radical (unpaired) electrons. The molecule has 0 aliphatic heterocycles. The SMILES string of the molecule is CC=CCC(C)(C)C(O)OCc1ccccc1. The number of rotatable bonds is 6. The van der Waals surface area contributed by atoms with E-state index in [0.29, 0.717) is 6.61 Å². The van der Waals surface area contributed by atoms with Crippen LogP contribution < -0.4 is 0 Å². The van der Waals surface area contributed by atoms with Crippen molar-refractivity contribution in [1.29, 1.82) is 0 Å². The lowest BCUT2D eigenvalue weighted by atomic mass is 9.88. The summed E-state index contributed by atoms with van der Waals surface area (Å²) in [5.41, 5.74) is 0.815. The number of hydrogen-bond acceptors (Lipinski definition) is 2. The highest BCUT2D eigenvalue weighted by Crippen LogP contribution is 2.27. The van der Waals surface area contributed by atoms with E-state index >= 15 is 0 Å². The Balaban J connectivity index is 2.46. The maximum atomic E-state index is 10.0. The van der Waals surface area contributed by atoms with Crippen LogP contribution in [-0.4, -0.2) is 11.4 Å². The molecule has 1 atom stereocenters. The number of aliphatic hydroxyl groups is 1. The molecule has 1 unspecified atom stereocenters. The lowest BCUT2D eigenvalue weighted by Crippen LogP contribution is -2.31. The van der Waals surface area contributed by atoms with Crippen molar-refractivity contribution in [3.05, 3.63) is 48.0 Å². The van der Waals surface area contributed by atoms with Crippen molar-refractivity contribution in [2.24, 2.45) is 5.41 Å². The van der Waals surface area contributed by atoms with Crippen LogP contribution >= 0.6 is 0 Å². The molecule has 0 heterocycles. The highest BCUT2D eigenvalue weighted by molar-refractivity contribution is 5.13. The lowest BCUT2D eigenvalue weighted by molar-refractivity contribution is -0.170. The summed E-state index contributed by atoms with van der Waals surface area (Å²) in [6.07, 6.45) is 4.10. The van der Waals surface area contributed by atoms with Gasteiger partial charge in [0, 0.05) is 5.41 Å². The van der Waals surface area contributed by atoms with Crippen molar-refractivity contribution in [3.8, 4) is 0 Å². The van der Waals surface area contributed by atoms with E-state index in [1.165, 1.54) is 0 Å². The molecule has 1 rings (SSSR count). The Kier molecular flexibility index (Phi) is 5.39. The number of ether oxygens (including phenoxy) is 1. The van der Waals surface area contributed by atoms with Crippen LogP contribution in [0.25, 0.3) is 0 Å². The third kappa shape index (κ3) is 4.72. The van der Waals surface area contributed by atoms with Crippen LogP contribution in [0.2, 0.25) is 0 Å². The number of allylic oxidation sites excluding steroid dienone is 2. The molecule has 0 bridgehead atoms. The Morgan fingerprint density at radius 3 is 2.53 bits per heavy atom. The molecule has 0 amide bonds. The molecule has 1 aromatic carbocycles. The van der Waals surface area contributed by atoms with Gasteiger partial charge in [0.25, 0.3) is 0 Å². The molecule has 1 N–H and O–H groups in total. The van der Waals surface area contributed by atoms with Crippen LogP contribution in [0.15, 0.2) is 42.5 Å². The van der Waals surface area contributed by atoms with Crippen molar-refractivity contribution in [1.82, 2.24) is 0 Å². The minimum absolute atomic E-state index is 0.263. The summed E-state index contributed by atoms with van der Waals surface area (Å²) >= 11 is 0. The highest BCUT2D eigenvalue weighted by Gasteiger charge is 2.27. The highest BCUT2D eigenvalue weighted by atomic mass is 16.6. The van der Waals surface area contributed by atoms with E-state index in [9.17, 15) is 5.11 Å². The van der Waals surface area contributed by atoms with Gasteiger partial charge in [-0.05, 0) is 18.9 Å². The molecule has 2 nitrogen and oxygen atoms in total. The van der Waals surface area contributed by atoms with Gasteiger partial charge in [-0.2, -0.15) is 0 Å². The summed E-state index contributed by atoms with van der Waals surface area (Å²) in [5.74, 6) is 0. The fraction of sp³-hybridized carbons (Fsp3) is 0.467. The molecule has 0 aromatic heterocycles. The van der Waals surface area contributed by atoms with Gasteiger partial charge in [-0.3, -0.25) is 0 Å². The van der Waals surface area contributed by atoms with Crippen molar-refractivity contribution in [3.63, 3.8) is 0 Å². The zero-order chi connectivity index (χ0) is 12.7. The first-order valence-corrected chi connectivity index (χ1v) is 6.01. The van der Waals surface area contributed by atoms with Gasteiger partial charge in [-0.15, -0.1) is 0 Å². The molecule has 0 saturated heterocycles. The molecule has 0 aliphatic rings. The second kappa shape index (κ2) is 6.58. The van der Waals surface area contributed by atoms with Crippen molar-refractivity contribution in [2.45, 2.75) is 40.1 Å². The molecule has 2 heteroatoms. The maximum Gasteiger partial charge on any atom is 0.160 e. The molecule has 0 saturated carbocycles. The van der Waals surface area contributed by atoms with Crippen LogP contribution in [0.3, 0.4) is 0 Å². The summed E-state index contributed by atoms with van der Waals surface area (Å²) in [7, 11) is 0. The van der Waals surface area contributed by atoms with Crippen LogP contribution in [0.1, 0.15) is 32.8 Å². The zero-order valence-electron chi connectivity index (χ0n) is 10.9. The van der Waals surface area contributed by atoms with Crippen molar-refractivity contribution >= 4 is 0 Å².